The molecule has 0 unspecified atom stereocenters. The van der Waals surface area contributed by atoms with E-state index in [9.17, 15) is 0 Å². The highest BCUT2D eigenvalue weighted by atomic mass is 16.5. The Bertz CT molecular complexity index is 525. The Balaban J connectivity index is 1.87. The molecule has 0 heterocycles. The predicted octanol–water partition coefficient (Wildman–Crippen LogP) is 4.38. The predicted molar refractivity (Wildman–Crippen MR) is 92.1 cm³/mol. The van der Waals surface area contributed by atoms with E-state index in [1.807, 2.05) is 24.3 Å². The Kier molecular flexibility index (Phi) is 6.62. The molecule has 0 saturated carbocycles. The average molecular weight is 299 g/mol. The van der Waals surface area contributed by atoms with Gasteiger partial charge in [0, 0.05) is 12.2 Å². The van der Waals surface area contributed by atoms with E-state index in [0.717, 1.165) is 24.6 Å². The molecule has 0 bridgehead atoms. The lowest BCUT2D eigenvalue weighted by molar-refractivity contribution is 0.322. The second-order valence-electron chi connectivity index (χ2n) is 5.20. The highest BCUT2D eigenvalue weighted by molar-refractivity contribution is 5.45. The summed E-state index contributed by atoms with van der Waals surface area (Å²) >= 11 is 0. The van der Waals surface area contributed by atoms with Gasteiger partial charge in [-0.1, -0.05) is 31.5 Å². The molecule has 0 fully saturated rings. The van der Waals surface area contributed by atoms with Crippen LogP contribution in [0.15, 0.2) is 54.6 Å². The Labute approximate surface area is 133 Å². The van der Waals surface area contributed by atoms with Crippen LogP contribution in [0.3, 0.4) is 0 Å². The first-order valence-corrected chi connectivity index (χ1v) is 7.90. The molecule has 0 radical (unpaired) electrons. The van der Waals surface area contributed by atoms with Crippen LogP contribution in [0.25, 0.3) is 0 Å². The maximum atomic E-state index is 5.84. The average Bonchev–Trinajstić information content (AvgIpc) is 2.59. The summed E-state index contributed by atoms with van der Waals surface area (Å²) in [6.07, 6.45) is 2.39. The zero-order valence-electron chi connectivity index (χ0n) is 13.5. The van der Waals surface area contributed by atoms with E-state index in [1.165, 1.54) is 18.5 Å². The quantitative estimate of drug-likeness (QED) is 0.686. The topological polar surface area (TPSA) is 21.7 Å². The SMILES string of the molecule is CCCCN(CCOc1ccc(OC)cc1)c1ccccc1. The van der Waals surface area contributed by atoms with Crippen molar-refractivity contribution < 1.29 is 9.47 Å². The number of nitrogens with zero attached hydrogens (tertiary/aromatic N) is 1. The first-order chi connectivity index (χ1) is 10.8. The van der Waals surface area contributed by atoms with Gasteiger partial charge >= 0.3 is 0 Å². The second kappa shape index (κ2) is 8.98. The summed E-state index contributed by atoms with van der Waals surface area (Å²) in [7, 11) is 1.67. The van der Waals surface area contributed by atoms with Crippen molar-refractivity contribution in [2.45, 2.75) is 19.8 Å². The van der Waals surface area contributed by atoms with E-state index in [2.05, 4.69) is 42.2 Å². The van der Waals surface area contributed by atoms with Crippen LogP contribution < -0.4 is 14.4 Å². The normalized spacial score (nSPS) is 10.3. The Morgan fingerprint density at radius 2 is 1.55 bits per heavy atom. The number of hydrogen-bond donors (Lipinski definition) is 0. The lowest BCUT2D eigenvalue weighted by Gasteiger charge is -2.24. The van der Waals surface area contributed by atoms with Gasteiger partial charge in [0.2, 0.25) is 0 Å². The monoisotopic (exact) mass is 299 g/mol. The molecular formula is C19H25NO2. The highest BCUT2D eigenvalue weighted by Gasteiger charge is 2.05. The lowest BCUT2D eigenvalue weighted by atomic mass is 10.2. The van der Waals surface area contributed by atoms with E-state index >= 15 is 0 Å². The fourth-order valence-corrected chi connectivity index (χ4v) is 2.30. The van der Waals surface area contributed by atoms with E-state index < -0.39 is 0 Å². The summed E-state index contributed by atoms with van der Waals surface area (Å²) in [6, 6.07) is 18.2. The van der Waals surface area contributed by atoms with Crippen LogP contribution in [0, 0.1) is 0 Å². The van der Waals surface area contributed by atoms with E-state index in [0.29, 0.717) is 6.61 Å². The molecular weight excluding hydrogens is 274 g/mol. The summed E-state index contributed by atoms with van der Waals surface area (Å²) < 4.78 is 11.0. The number of methoxy groups -OCH3 is 1. The van der Waals surface area contributed by atoms with E-state index in [1.54, 1.807) is 7.11 Å². The minimum absolute atomic E-state index is 0.672. The van der Waals surface area contributed by atoms with Crippen LogP contribution in [-0.2, 0) is 0 Å². The van der Waals surface area contributed by atoms with Gasteiger partial charge in [0.25, 0.3) is 0 Å². The summed E-state index contributed by atoms with van der Waals surface area (Å²) in [5.74, 6) is 1.73. The van der Waals surface area contributed by atoms with Gasteiger partial charge in [0.15, 0.2) is 0 Å². The molecule has 0 aliphatic heterocycles. The Morgan fingerprint density at radius 1 is 0.864 bits per heavy atom. The summed E-state index contributed by atoms with van der Waals surface area (Å²) in [5, 5.41) is 0. The van der Waals surface area contributed by atoms with Crippen LogP contribution in [0.1, 0.15) is 19.8 Å². The molecule has 0 saturated heterocycles. The van der Waals surface area contributed by atoms with Crippen LogP contribution in [0.2, 0.25) is 0 Å². The number of ether oxygens (including phenoxy) is 2. The minimum Gasteiger partial charge on any atom is -0.497 e. The Hall–Kier alpha value is -2.16. The Morgan fingerprint density at radius 3 is 2.18 bits per heavy atom. The van der Waals surface area contributed by atoms with Gasteiger partial charge in [-0.15, -0.1) is 0 Å². The molecule has 0 aliphatic carbocycles. The van der Waals surface area contributed by atoms with Gasteiger partial charge in [0.1, 0.15) is 18.1 Å². The lowest BCUT2D eigenvalue weighted by Crippen LogP contribution is -2.29. The third-order valence-corrected chi connectivity index (χ3v) is 3.59. The number of rotatable bonds is 9. The number of anilines is 1. The van der Waals surface area contributed by atoms with Crippen LogP contribution in [0.5, 0.6) is 11.5 Å². The number of para-hydroxylation sites is 1. The number of benzene rings is 2. The molecule has 3 heteroatoms. The number of hydrogen-bond acceptors (Lipinski definition) is 3. The van der Waals surface area contributed by atoms with Gasteiger partial charge < -0.3 is 14.4 Å². The fourth-order valence-electron chi connectivity index (χ4n) is 2.30. The van der Waals surface area contributed by atoms with Gasteiger partial charge in [-0.25, -0.2) is 0 Å². The van der Waals surface area contributed by atoms with Crippen LogP contribution in [-0.4, -0.2) is 26.8 Å². The largest absolute Gasteiger partial charge is 0.497 e. The van der Waals surface area contributed by atoms with Crippen molar-refractivity contribution in [1.82, 2.24) is 0 Å². The van der Waals surface area contributed by atoms with Crippen molar-refractivity contribution in [3.05, 3.63) is 54.6 Å². The molecule has 0 atom stereocenters. The second-order valence-corrected chi connectivity index (χ2v) is 5.20. The summed E-state index contributed by atoms with van der Waals surface area (Å²) in [6.45, 7) is 4.84. The molecule has 0 amide bonds. The van der Waals surface area contributed by atoms with E-state index in [4.69, 9.17) is 9.47 Å². The highest BCUT2D eigenvalue weighted by Crippen LogP contribution is 2.18. The summed E-state index contributed by atoms with van der Waals surface area (Å²) in [5.41, 5.74) is 1.26. The zero-order chi connectivity index (χ0) is 15.6. The molecule has 22 heavy (non-hydrogen) atoms. The third-order valence-electron chi connectivity index (χ3n) is 3.59. The van der Waals surface area contributed by atoms with Gasteiger partial charge in [-0.3, -0.25) is 0 Å². The smallest absolute Gasteiger partial charge is 0.119 e. The van der Waals surface area contributed by atoms with Crippen molar-refractivity contribution in [1.29, 1.82) is 0 Å². The maximum absolute atomic E-state index is 5.84. The number of unbranched alkanes of at least 4 members (excludes halogenated alkanes) is 1. The molecule has 118 valence electrons. The molecule has 3 nitrogen and oxygen atoms in total. The molecule has 0 aromatic heterocycles. The van der Waals surface area contributed by atoms with Gasteiger partial charge in [-0.2, -0.15) is 0 Å². The molecule has 2 aromatic carbocycles. The third kappa shape index (κ3) is 4.99. The van der Waals surface area contributed by atoms with Crippen molar-refractivity contribution in [2.75, 3.05) is 31.7 Å². The molecule has 0 N–H and O–H groups in total. The molecule has 0 spiro atoms. The van der Waals surface area contributed by atoms with Gasteiger partial charge in [0.05, 0.1) is 13.7 Å². The van der Waals surface area contributed by atoms with E-state index in [-0.39, 0.29) is 0 Å². The molecule has 2 rings (SSSR count). The molecule has 2 aromatic rings. The van der Waals surface area contributed by atoms with Crippen molar-refractivity contribution >= 4 is 5.69 Å². The van der Waals surface area contributed by atoms with Crippen molar-refractivity contribution in [3.63, 3.8) is 0 Å². The first-order valence-electron chi connectivity index (χ1n) is 7.90. The van der Waals surface area contributed by atoms with Crippen LogP contribution in [0.4, 0.5) is 5.69 Å². The fraction of sp³-hybridized carbons (Fsp3) is 0.368. The zero-order valence-corrected chi connectivity index (χ0v) is 13.5. The van der Waals surface area contributed by atoms with Crippen molar-refractivity contribution in [3.8, 4) is 11.5 Å². The van der Waals surface area contributed by atoms with Gasteiger partial charge in [-0.05, 0) is 42.8 Å². The van der Waals surface area contributed by atoms with Crippen LogP contribution >= 0.6 is 0 Å². The minimum atomic E-state index is 0.672. The molecule has 0 aliphatic rings. The maximum Gasteiger partial charge on any atom is 0.119 e. The first kappa shape index (κ1) is 16.2. The summed E-state index contributed by atoms with van der Waals surface area (Å²) in [4.78, 5) is 2.38. The standard InChI is InChI=1S/C19H25NO2/c1-3-4-14-20(17-8-6-5-7-9-17)15-16-22-19-12-10-18(21-2)11-13-19/h5-13H,3-4,14-16H2,1-2H3. The van der Waals surface area contributed by atoms with Crippen molar-refractivity contribution in [2.24, 2.45) is 0 Å².